The molecule has 0 atom stereocenters. The molecular formula is C10H5ClINO2. The monoisotopic (exact) mass is 333 g/mol. The van der Waals surface area contributed by atoms with Crippen molar-refractivity contribution in [3.05, 3.63) is 32.4 Å². The first-order valence-electron chi connectivity index (χ1n) is 3.92. The Morgan fingerprint density at radius 2 is 2.27 bits per heavy atom. The molecule has 76 valence electrons. The van der Waals surface area contributed by atoms with Crippen LogP contribution in [-0.2, 0) is 0 Å². The van der Waals surface area contributed by atoms with Crippen LogP contribution in [0, 0.1) is 14.9 Å². The summed E-state index contributed by atoms with van der Waals surface area (Å²) >= 11 is 7.35. The van der Waals surface area contributed by atoms with Crippen molar-refractivity contribution in [2.45, 2.75) is 0 Å². The predicted molar refractivity (Wildman–Crippen MR) is 64.3 cm³/mol. The summed E-state index contributed by atoms with van der Waals surface area (Å²) in [4.78, 5) is 22.2. The molecule has 0 aromatic heterocycles. The van der Waals surface area contributed by atoms with E-state index in [9.17, 15) is 9.59 Å². The first-order valence-corrected chi connectivity index (χ1v) is 5.54. The van der Waals surface area contributed by atoms with Gasteiger partial charge in [-0.05, 0) is 34.7 Å². The molecule has 3 nitrogen and oxygen atoms in total. The van der Waals surface area contributed by atoms with E-state index in [1.807, 2.05) is 28.7 Å². The molecule has 0 fully saturated rings. The topological polar surface area (TPSA) is 57.9 Å². The molecule has 0 amide bonds. The number of alkyl halides is 1. The molecule has 0 heterocycles. The number of nitriles is 1. The molecule has 0 saturated heterocycles. The van der Waals surface area contributed by atoms with Gasteiger partial charge in [-0.1, -0.05) is 0 Å². The number of rotatable bonds is 3. The summed E-state index contributed by atoms with van der Waals surface area (Å²) in [5.74, 6) is -0.649. The highest BCUT2D eigenvalue weighted by atomic mass is 127. The SMILES string of the molecule is N#Cc1c(I)ccc(C=O)c1C(=O)CCl. The van der Waals surface area contributed by atoms with Gasteiger partial charge in [0.25, 0.3) is 0 Å². The third kappa shape index (κ3) is 2.36. The Hall–Kier alpha value is -0.930. The predicted octanol–water partition coefficient (Wildman–Crippen LogP) is 2.40. The number of halogens is 2. The van der Waals surface area contributed by atoms with Crippen molar-refractivity contribution >= 4 is 46.3 Å². The third-order valence-corrected chi connectivity index (χ3v) is 2.97. The smallest absolute Gasteiger partial charge is 0.179 e. The number of hydrogen-bond donors (Lipinski definition) is 0. The highest BCUT2D eigenvalue weighted by molar-refractivity contribution is 14.1. The average molecular weight is 334 g/mol. The molecule has 0 N–H and O–H groups in total. The van der Waals surface area contributed by atoms with Gasteiger partial charge in [-0.3, -0.25) is 9.59 Å². The van der Waals surface area contributed by atoms with Crippen molar-refractivity contribution in [3.8, 4) is 6.07 Å². The Morgan fingerprint density at radius 3 is 2.73 bits per heavy atom. The van der Waals surface area contributed by atoms with E-state index in [0.717, 1.165) is 0 Å². The maximum atomic E-state index is 11.5. The van der Waals surface area contributed by atoms with Gasteiger partial charge < -0.3 is 0 Å². The number of aldehydes is 1. The summed E-state index contributed by atoms with van der Waals surface area (Å²) in [6.45, 7) is 0. The molecule has 0 aliphatic heterocycles. The molecular weight excluding hydrogens is 328 g/mol. The third-order valence-electron chi connectivity index (χ3n) is 1.83. The van der Waals surface area contributed by atoms with Gasteiger partial charge in [0, 0.05) is 14.7 Å². The number of ketones is 1. The number of carbonyl (C=O) groups is 2. The van der Waals surface area contributed by atoms with E-state index in [1.165, 1.54) is 6.07 Å². The fourth-order valence-electron chi connectivity index (χ4n) is 1.17. The minimum absolute atomic E-state index is 0.120. The summed E-state index contributed by atoms with van der Waals surface area (Å²) in [5.41, 5.74) is 0.540. The first-order chi connectivity index (χ1) is 7.15. The van der Waals surface area contributed by atoms with Gasteiger partial charge in [-0.2, -0.15) is 5.26 Å². The number of Topliss-reactive ketones (excluding diaryl/α,β-unsaturated/α-hetero) is 1. The fourth-order valence-corrected chi connectivity index (χ4v) is 1.87. The standard InChI is InChI=1S/C10H5ClINO2/c11-3-9(15)10-6(5-14)1-2-8(12)7(10)4-13/h1-2,5H,3H2. The lowest BCUT2D eigenvalue weighted by Crippen LogP contribution is -2.09. The van der Waals surface area contributed by atoms with Crippen molar-refractivity contribution in [3.63, 3.8) is 0 Å². The van der Waals surface area contributed by atoms with E-state index >= 15 is 0 Å². The molecule has 1 aromatic rings. The van der Waals surface area contributed by atoms with Crippen molar-refractivity contribution in [2.75, 3.05) is 5.88 Å². The van der Waals surface area contributed by atoms with Gasteiger partial charge >= 0.3 is 0 Å². The number of hydrogen-bond acceptors (Lipinski definition) is 3. The second-order valence-corrected chi connectivity index (χ2v) is 4.10. The fraction of sp³-hybridized carbons (Fsp3) is 0.100. The quantitative estimate of drug-likeness (QED) is 0.369. The second kappa shape index (κ2) is 5.24. The molecule has 5 heteroatoms. The van der Waals surface area contributed by atoms with E-state index in [2.05, 4.69) is 0 Å². The van der Waals surface area contributed by atoms with Crippen molar-refractivity contribution in [1.82, 2.24) is 0 Å². The number of carbonyl (C=O) groups excluding carboxylic acids is 2. The van der Waals surface area contributed by atoms with E-state index in [4.69, 9.17) is 16.9 Å². The lowest BCUT2D eigenvalue weighted by atomic mass is 9.99. The van der Waals surface area contributed by atoms with Gasteiger partial charge in [-0.15, -0.1) is 11.6 Å². The van der Waals surface area contributed by atoms with Gasteiger partial charge in [-0.25, -0.2) is 0 Å². The van der Waals surface area contributed by atoms with E-state index in [-0.39, 0.29) is 22.6 Å². The summed E-state index contributed by atoms with van der Waals surface area (Å²) in [7, 11) is 0. The Morgan fingerprint density at radius 1 is 1.60 bits per heavy atom. The van der Waals surface area contributed by atoms with Crippen LogP contribution in [0.3, 0.4) is 0 Å². The molecule has 1 aromatic carbocycles. The normalized spacial score (nSPS) is 9.40. The summed E-state index contributed by atoms with van der Waals surface area (Å²) in [6, 6.07) is 5.04. The van der Waals surface area contributed by atoms with Gasteiger partial charge in [0.05, 0.1) is 11.4 Å². The second-order valence-electron chi connectivity index (χ2n) is 2.67. The highest BCUT2D eigenvalue weighted by Crippen LogP contribution is 2.20. The number of nitrogens with zero attached hydrogens (tertiary/aromatic N) is 1. The molecule has 15 heavy (non-hydrogen) atoms. The van der Waals surface area contributed by atoms with Crippen LogP contribution >= 0.6 is 34.2 Å². The van der Waals surface area contributed by atoms with Crippen LogP contribution in [0.2, 0.25) is 0 Å². The zero-order valence-electron chi connectivity index (χ0n) is 7.46. The van der Waals surface area contributed by atoms with E-state index < -0.39 is 5.78 Å². The van der Waals surface area contributed by atoms with Crippen LogP contribution in [-0.4, -0.2) is 17.9 Å². The van der Waals surface area contributed by atoms with Crippen LogP contribution in [0.15, 0.2) is 12.1 Å². The highest BCUT2D eigenvalue weighted by Gasteiger charge is 2.17. The Labute approximate surface area is 105 Å². The summed E-state index contributed by atoms with van der Waals surface area (Å²) < 4.78 is 0.633. The minimum atomic E-state index is -0.408. The van der Waals surface area contributed by atoms with Crippen LogP contribution < -0.4 is 0 Å². The molecule has 1 rings (SSSR count). The van der Waals surface area contributed by atoms with Crippen molar-refractivity contribution < 1.29 is 9.59 Å². The molecule has 0 spiro atoms. The minimum Gasteiger partial charge on any atom is -0.298 e. The lowest BCUT2D eigenvalue weighted by Gasteiger charge is -2.05. The lowest BCUT2D eigenvalue weighted by molar-refractivity contribution is 0.101. The van der Waals surface area contributed by atoms with E-state index in [1.54, 1.807) is 6.07 Å². The number of benzene rings is 1. The van der Waals surface area contributed by atoms with Crippen molar-refractivity contribution in [2.24, 2.45) is 0 Å². The molecule has 0 aliphatic carbocycles. The maximum Gasteiger partial charge on any atom is 0.179 e. The molecule has 0 saturated carbocycles. The van der Waals surface area contributed by atoms with Gasteiger partial charge in [0.15, 0.2) is 12.1 Å². The first kappa shape index (κ1) is 12.1. The zero-order chi connectivity index (χ0) is 11.4. The van der Waals surface area contributed by atoms with Crippen molar-refractivity contribution in [1.29, 1.82) is 5.26 Å². The average Bonchev–Trinajstić information content (AvgIpc) is 2.27. The molecule has 0 bridgehead atoms. The van der Waals surface area contributed by atoms with Crippen LogP contribution in [0.25, 0.3) is 0 Å². The van der Waals surface area contributed by atoms with E-state index in [0.29, 0.717) is 9.86 Å². The molecule has 0 radical (unpaired) electrons. The molecule has 0 unspecified atom stereocenters. The molecule has 0 aliphatic rings. The maximum absolute atomic E-state index is 11.5. The van der Waals surface area contributed by atoms with Crippen LogP contribution in [0.1, 0.15) is 26.3 Å². The van der Waals surface area contributed by atoms with Crippen LogP contribution in [0.5, 0.6) is 0 Å². The van der Waals surface area contributed by atoms with Crippen LogP contribution in [0.4, 0.5) is 0 Å². The summed E-state index contributed by atoms with van der Waals surface area (Å²) in [5, 5.41) is 8.90. The Balaban J connectivity index is 3.56. The largest absolute Gasteiger partial charge is 0.298 e. The Kier molecular flexibility index (Phi) is 4.24. The summed E-state index contributed by atoms with van der Waals surface area (Å²) in [6.07, 6.45) is 0.552. The van der Waals surface area contributed by atoms with Gasteiger partial charge in [0.1, 0.15) is 6.07 Å². The Bertz CT molecular complexity index is 465. The zero-order valence-corrected chi connectivity index (χ0v) is 10.4. The van der Waals surface area contributed by atoms with Gasteiger partial charge in [0.2, 0.25) is 0 Å².